The molecule has 5 nitrogen and oxygen atoms in total. The minimum Gasteiger partial charge on any atom is -0.381 e. The number of nitrogens with one attached hydrogen (secondary N) is 2. The highest BCUT2D eigenvalue weighted by Gasteiger charge is 2.10. The first kappa shape index (κ1) is 13.8. The van der Waals surface area contributed by atoms with E-state index in [2.05, 4.69) is 15.6 Å². The summed E-state index contributed by atoms with van der Waals surface area (Å²) in [7, 11) is -2.96. The van der Waals surface area contributed by atoms with E-state index in [0.29, 0.717) is 0 Å². The molecule has 1 unspecified atom stereocenters. The van der Waals surface area contributed by atoms with E-state index < -0.39 is 9.84 Å². The van der Waals surface area contributed by atoms with Crippen molar-refractivity contribution in [2.24, 2.45) is 0 Å². The third-order valence-electron chi connectivity index (χ3n) is 2.08. The Labute approximate surface area is 103 Å². The van der Waals surface area contributed by atoms with Gasteiger partial charge in [0, 0.05) is 36.8 Å². The number of rotatable bonds is 6. The van der Waals surface area contributed by atoms with Gasteiger partial charge in [-0.15, -0.1) is 0 Å². The molecular weight excluding hydrogens is 238 g/mol. The third kappa shape index (κ3) is 5.53. The molecule has 1 aromatic rings. The number of sulfone groups is 1. The van der Waals surface area contributed by atoms with E-state index in [1.807, 2.05) is 26.0 Å². The first-order chi connectivity index (χ1) is 7.90. The fourth-order valence-electron chi connectivity index (χ4n) is 1.58. The van der Waals surface area contributed by atoms with Gasteiger partial charge in [0.05, 0.1) is 5.75 Å². The van der Waals surface area contributed by atoms with Crippen LogP contribution in [0.25, 0.3) is 0 Å². The molecule has 0 aromatic carbocycles. The Bertz CT molecular complexity index is 460. The summed E-state index contributed by atoms with van der Waals surface area (Å²) in [4.78, 5) is 4.14. The minimum atomic E-state index is -2.96. The van der Waals surface area contributed by atoms with Gasteiger partial charge in [-0.1, -0.05) is 0 Å². The summed E-state index contributed by atoms with van der Waals surface area (Å²) in [6.45, 7) is 4.64. The SMILES string of the molecule is CCNc1cc(NC(C)CS(C)(=O)=O)ccn1. The number of aromatic nitrogens is 1. The zero-order valence-corrected chi connectivity index (χ0v) is 11.2. The molecule has 1 atom stereocenters. The molecule has 1 rings (SSSR count). The number of hydrogen-bond acceptors (Lipinski definition) is 5. The van der Waals surface area contributed by atoms with Crippen molar-refractivity contribution in [3.63, 3.8) is 0 Å². The lowest BCUT2D eigenvalue weighted by atomic mass is 10.3. The maximum absolute atomic E-state index is 11.1. The van der Waals surface area contributed by atoms with Crippen LogP contribution in [-0.2, 0) is 9.84 Å². The molecule has 0 aliphatic heterocycles. The van der Waals surface area contributed by atoms with Gasteiger partial charge in [-0.3, -0.25) is 0 Å². The lowest BCUT2D eigenvalue weighted by molar-refractivity contribution is 0.598. The zero-order valence-electron chi connectivity index (χ0n) is 10.4. The van der Waals surface area contributed by atoms with E-state index in [9.17, 15) is 8.42 Å². The normalized spacial score (nSPS) is 13.1. The third-order valence-corrected chi connectivity index (χ3v) is 3.19. The van der Waals surface area contributed by atoms with E-state index in [-0.39, 0.29) is 11.8 Å². The van der Waals surface area contributed by atoms with Crippen molar-refractivity contribution < 1.29 is 8.42 Å². The second kappa shape index (κ2) is 5.86. The quantitative estimate of drug-likeness (QED) is 0.805. The molecule has 0 radical (unpaired) electrons. The topological polar surface area (TPSA) is 71.1 Å². The molecule has 0 saturated carbocycles. The van der Waals surface area contributed by atoms with E-state index in [1.165, 1.54) is 6.26 Å². The Morgan fingerprint density at radius 1 is 1.47 bits per heavy atom. The second-order valence-corrected chi connectivity index (χ2v) is 6.28. The minimum absolute atomic E-state index is 0.117. The van der Waals surface area contributed by atoms with Crippen LogP contribution in [0.3, 0.4) is 0 Å². The number of pyridine rings is 1. The fourth-order valence-corrected chi connectivity index (χ4v) is 2.57. The largest absolute Gasteiger partial charge is 0.381 e. The van der Waals surface area contributed by atoms with Crippen LogP contribution >= 0.6 is 0 Å². The van der Waals surface area contributed by atoms with Gasteiger partial charge in [0.1, 0.15) is 15.7 Å². The molecule has 17 heavy (non-hydrogen) atoms. The van der Waals surface area contributed by atoms with Crippen LogP contribution in [0.2, 0.25) is 0 Å². The van der Waals surface area contributed by atoms with Gasteiger partial charge in [0.25, 0.3) is 0 Å². The first-order valence-electron chi connectivity index (χ1n) is 5.55. The van der Waals surface area contributed by atoms with Crippen molar-refractivity contribution in [2.75, 3.05) is 29.2 Å². The summed E-state index contributed by atoms with van der Waals surface area (Å²) >= 11 is 0. The van der Waals surface area contributed by atoms with Crippen molar-refractivity contribution >= 4 is 21.3 Å². The van der Waals surface area contributed by atoms with Crippen LogP contribution in [0.15, 0.2) is 18.3 Å². The molecule has 0 amide bonds. The Balaban J connectivity index is 2.65. The number of hydrogen-bond donors (Lipinski definition) is 2. The average molecular weight is 257 g/mol. The fraction of sp³-hybridized carbons (Fsp3) is 0.545. The maximum atomic E-state index is 11.1. The van der Waals surface area contributed by atoms with E-state index >= 15 is 0 Å². The van der Waals surface area contributed by atoms with Crippen molar-refractivity contribution in [1.29, 1.82) is 0 Å². The van der Waals surface area contributed by atoms with E-state index in [1.54, 1.807) is 6.20 Å². The molecule has 1 heterocycles. The standard InChI is InChI=1S/C11H19N3O2S/c1-4-12-11-7-10(5-6-13-11)14-9(2)8-17(3,15)16/h5-7,9H,4,8H2,1-3H3,(H2,12,13,14). The van der Waals surface area contributed by atoms with Crippen molar-refractivity contribution in [3.8, 4) is 0 Å². The number of nitrogens with zero attached hydrogens (tertiary/aromatic N) is 1. The van der Waals surface area contributed by atoms with Gasteiger partial charge in [-0.05, 0) is 19.9 Å². The Morgan fingerprint density at radius 3 is 2.76 bits per heavy atom. The summed E-state index contributed by atoms with van der Waals surface area (Å²) in [5.74, 6) is 0.898. The van der Waals surface area contributed by atoms with Gasteiger partial charge < -0.3 is 10.6 Å². The van der Waals surface area contributed by atoms with E-state index in [0.717, 1.165) is 18.1 Å². The molecule has 96 valence electrons. The maximum Gasteiger partial charge on any atom is 0.149 e. The molecule has 1 aromatic heterocycles. The van der Waals surface area contributed by atoms with Gasteiger partial charge in [0.15, 0.2) is 0 Å². The number of anilines is 2. The summed E-state index contributed by atoms with van der Waals surface area (Å²) in [6.07, 6.45) is 2.93. The van der Waals surface area contributed by atoms with Crippen molar-refractivity contribution in [2.45, 2.75) is 19.9 Å². The van der Waals surface area contributed by atoms with Crippen molar-refractivity contribution in [3.05, 3.63) is 18.3 Å². The van der Waals surface area contributed by atoms with Crippen LogP contribution in [0.5, 0.6) is 0 Å². The van der Waals surface area contributed by atoms with Gasteiger partial charge in [-0.2, -0.15) is 0 Å². The molecule has 0 fully saturated rings. The molecular formula is C11H19N3O2S. The second-order valence-electron chi connectivity index (χ2n) is 4.10. The van der Waals surface area contributed by atoms with Crippen LogP contribution in [0, 0.1) is 0 Å². The van der Waals surface area contributed by atoms with Gasteiger partial charge in [-0.25, -0.2) is 13.4 Å². The smallest absolute Gasteiger partial charge is 0.149 e. The highest BCUT2D eigenvalue weighted by atomic mass is 32.2. The van der Waals surface area contributed by atoms with E-state index in [4.69, 9.17) is 0 Å². The Morgan fingerprint density at radius 2 is 2.18 bits per heavy atom. The molecule has 0 bridgehead atoms. The molecule has 6 heteroatoms. The van der Waals surface area contributed by atoms with Crippen molar-refractivity contribution in [1.82, 2.24) is 4.98 Å². The molecule has 0 saturated heterocycles. The summed E-state index contributed by atoms with van der Waals surface area (Å²) in [5.41, 5.74) is 0.868. The monoisotopic (exact) mass is 257 g/mol. The van der Waals surface area contributed by atoms with Crippen LogP contribution in [0.4, 0.5) is 11.5 Å². The molecule has 0 spiro atoms. The summed E-state index contributed by atoms with van der Waals surface area (Å²) < 4.78 is 22.3. The Hall–Kier alpha value is -1.30. The molecule has 2 N–H and O–H groups in total. The average Bonchev–Trinajstić information content (AvgIpc) is 2.15. The molecule has 0 aliphatic rings. The van der Waals surface area contributed by atoms with Gasteiger partial charge in [0.2, 0.25) is 0 Å². The highest BCUT2D eigenvalue weighted by Crippen LogP contribution is 2.13. The first-order valence-corrected chi connectivity index (χ1v) is 7.61. The molecule has 0 aliphatic carbocycles. The lowest BCUT2D eigenvalue weighted by Crippen LogP contribution is -2.25. The zero-order chi connectivity index (χ0) is 12.9. The van der Waals surface area contributed by atoms with Gasteiger partial charge >= 0.3 is 0 Å². The van der Waals surface area contributed by atoms with Crippen LogP contribution in [0.1, 0.15) is 13.8 Å². The summed E-state index contributed by atoms with van der Waals surface area (Å²) in [5, 5.41) is 6.24. The van der Waals surface area contributed by atoms with Crippen LogP contribution in [-0.4, -0.2) is 38.0 Å². The predicted octanol–water partition coefficient (Wildman–Crippen LogP) is 1.36. The highest BCUT2D eigenvalue weighted by molar-refractivity contribution is 7.90. The van der Waals surface area contributed by atoms with Crippen LogP contribution < -0.4 is 10.6 Å². The Kier molecular flexibility index (Phi) is 4.74. The lowest BCUT2D eigenvalue weighted by Gasteiger charge is -2.14. The summed E-state index contributed by atoms with van der Waals surface area (Å²) in [6, 6.07) is 3.56. The predicted molar refractivity (Wildman–Crippen MR) is 71.2 cm³/mol.